The van der Waals surface area contributed by atoms with Gasteiger partial charge in [0.25, 0.3) is 0 Å². The second-order valence-electron chi connectivity index (χ2n) is 4.45. The number of urea groups is 1. The molecular formula is C13H16N2O4. The van der Waals surface area contributed by atoms with Gasteiger partial charge in [0.2, 0.25) is 0 Å². The summed E-state index contributed by atoms with van der Waals surface area (Å²) < 4.78 is 0. The normalized spacial score (nSPS) is 18.4. The van der Waals surface area contributed by atoms with Gasteiger partial charge in [0.05, 0.1) is 23.9 Å². The maximum atomic E-state index is 12.1. The number of anilines is 1. The van der Waals surface area contributed by atoms with Gasteiger partial charge >= 0.3 is 12.0 Å². The fourth-order valence-electron chi connectivity index (χ4n) is 2.26. The number of amides is 2. The Hall–Kier alpha value is -2.08. The van der Waals surface area contributed by atoms with Crippen LogP contribution in [0.4, 0.5) is 10.5 Å². The van der Waals surface area contributed by atoms with E-state index in [-0.39, 0.29) is 29.9 Å². The van der Waals surface area contributed by atoms with E-state index >= 15 is 0 Å². The van der Waals surface area contributed by atoms with Crippen molar-refractivity contribution in [3.8, 4) is 0 Å². The highest BCUT2D eigenvalue weighted by Crippen LogP contribution is 2.20. The van der Waals surface area contributed by atoms with E-state index in [2.05, 4.69) is 5.32 Å². The molecule has 1 aliphatic rings. The van der Waals surface area contributed by atoms with Crippen LogP contribution in [0.3, 0.4) is 0 Å². The highest BCUT2D eigenvalue weighted by molar-refractivity contribution is 6.00. The molecule has 1 aromatic carbocycles. The topological polar surface area (TPSA) is 89.9 Å². The summed E-state index contributed by atoms with van der Waals surface area (Å²) >= 11 is 0. The molecule has 0 saturated carbocycles. The molecule has 0 spiro atoms. The number of rotatable bonds is 3. The molecule has 6 nitrogen and oxygen atoms in total. The Bertz CT molecular complexity index is 489. The van der Waals surface area contributed by atoms with Crippen molar-refractivity contribution in [2.24, 2.45) is 0 Å². The van der Waals surface area contributed by atoms with Crippen molar-refractivity contribution in [1.29, 1.82) is 0 Å². The molecular weight excluding hydrogens is 248 g/mol. The number of carbonyl (C=O) groups is 2. The zero-order valence-corrected chi connectivity index (χ0v) is 10.4. The van der Waals surface area contributed by atoms with Gasteiger partial charge < -0.3 is 20.4 Å². The minimum Gasteiger partial charge on any atom is -0.478 e. The van der Waals surface area contributed by atoms with Crippen LogP contribution >= 0.6 is 0 Å². The fraction of sp³-hybridized carbons (Fsp3) is 0.385. The lowest BCUT2D eigenvalue weighted by Crippen LogP contribution is -2.40. The summed E-state index contributed by atoms with van der Waals surface area (Å²) in [7, 11) is 0. The van der Waals surface area contributed by atoms with Crippen molar-refractivity contribution >= 4 is 17.7 Å². The summed E-state index contributed by atoms with van der Waals surface area (Å²) in [5.41, 5.74) is 0.319. The first-order valence-corrected chi connectivity index (χ1v) is 6.14. The molecule has 3 N–H and O–H groups in total. The molecule has 0 aromatic heterocycles. The maximum Gasteiger partial charge on any atom is 0.337 e. The van der Waals surface area contributed by atoms with Crippen LogP contribution in [0.2, 0.25) is 0 Å². The molecule has 1 aliphatic heterocycles. The quantitative estimate of drug-likeness (QED) is 0.769. The zero-order valence-electron chi connectivity index (χ0n) is 10.4. The number of aromatic carboxylic acids is 1. The van der Waals surface area contributed by atoms with Crippen LogP contribution in [-0.2, 0) is 0 Å². The predicted molar refractivity (Wildman–Crippen MR) is 69.2 cm³/mol. The van der Waals surface area contributed by atoms with Gasteiger partial charge in [0.15, 0.2) is 0 Å². The first kappa shape index (κ1) is 13.4. The maximum absolute atomic E-state index is 12.1. The lowest BCUT2D eigenvalue weighted by atomic mass is 10.2. The Labute approximate surface area is 110 Å². The number of nitrogens with zero attached hydrogens (tertiary/aromatic N) is 1. The molecule has 19 heavy (non-hydrogen) atoms. The first-order chi connectivity index (χ1) is 9.13. The lowest BCUT2D eigenvalue weighted by molar-refractivity contribution is 0.0698. The number of nitrogens with one attached hydrogen (secondary N) is 1. The van der Waals surface area contributed by atoms with Crippen molar-refractivity contribution < 1.29 is 19.8 Å². The standard InChI is InChI=1S/C13H16N2O4/c16-8-9-4-3-7-15(9)13(19)14-11-6-2-1-5-10(11)12(17)18/h1-2,5-6,9,16H,3-4,7-8H2,(H,14,19)(H,17,18). The summed E-state index contributed by atoms with van der Waals surface area (Å²) in [4.78, 5) is 24.7. The van der Waals surface area contributed by atoms with Crippen LogP contribution in [0.25, 0.3) is 0 Å². The molecule has 1 heterocycles. The van der Waals surface area contributed by atoms with Gasteiger partial charge in [-0.3, -0.25) is 0 Å². The van der Waals surface area contributed by atoms with Crippen molar-refractivity contribution in [1.82, 2.24) is 4.90 Å². The Morgan fingerprint density at radius 2 is 2.11 bits per heavy atom. The molecule has 0 radical (unpaired) electrons. The molecule has 1 unspecified atom stereocenters. The largest absolute Gasteiger partial charge is 0.478 e. The number of hydrogen-bond donors (Lipinski definition) is 3. The average molecular weight is 264 g/mol. The van der Waals surface area contributed by atoms with Crippen molar-refractivity contribution in [3.05, 3.63) is 29.8 Å². The number of carboxylic acid groups (broad SMARTS) is 1. The Kier molecular flexibility index (Phi) is 4.01. The highest BCUT2D eigenvalue weighted by atomic mass is 16.4. The van der Waals surface area contributed by atoms with Crippen LogP contribution < -0.4 is 5.32 Å². The summed E-state index contributed by atoms with van der Waals surface area (Å²) in [5.74, 6) is -1.09. The van der Waals surface area contributed by atoms with Gasteiger partial charge in [-0.1, -0.05) is 12.1 Å². The third-order valence-electron chi connectivity index (χ3n) is 3.25. The summed E-state index contributed by atoms with van der Waals surface area (Å²) in [6.07, 6.45) is 1.61. The van der Waals surface area contributed by atoms with Crippen molar-refractivity contribution in [2.75, 3.05) is 18.5 Å². The number of hydrogen-bond acceptors (Lipinski definition) is 3. The predicted octanol–water partition coefficient (Wildman–Crippen LogP) is 1.37. The number of aliphatic hydroxyl groups is 1. The van der Waals surface area contributed by atoms with Crippen LogP contribution in [0.15, 0.2) is 24.3 Å². The van der Waals surface area contributed by atoms with Crippen molar-refractivity contribution in [2.45, 2.75) is 18.9 Å². The molecule has 0 aliphatic carbocycles. The second kappa shape index (κ2) is 5.71. The van der Waals surface area contributed by atoms with Gasteiger partial charge in [0.1, 0.15) is 0 Å². The molecule has 1 fully saturated rings. The molecule has 2 rings (SSSR count). The van der Waals surface area contributed by atoms with Gasteiger partial charge in [-0.2, -0.15) is 0 Å². The van der Waals surface area contributed by atoms with Crippen LogP contribution in [0.5, 0.6) is 0 Å². The fourth-order valence-corrected chi connectivity index (χ4v) is 2.26. The zero-order chi connectivity index (χ0) is 13.8. The Balaban J connectivity index is 2.13. The first-order valence-electron chi connectivity index (χ1n) is 6.14. The highest BCUT2D eigenvalue weighted by Gasteiger charge is 2.28. The van der Waals surface area contributed by atoms with Gasteiger partial charge in [0, 0.05) is 6.54 Å². The SMILES string of the molecule is O=C(O)c1ccccc1NC(=O)N1CCCC1CO. The monoisotopic (exact) mass is 264 g/mol. The van der Waals surface area contributed by atoms with E-state index in [1.165, 1.54) is 6.07 Å². The van der Waals surface area contributed by atoms with E-state index in [1.54, 1.807) is 23.1 Å². The van der Waals surface area contributed by atoms with Crippen LogP contribution in [0.1, 0.15) is 23.2 Å². The van der Waals surface area contributed by atoms with Gasteiger partial charge in [-0.15, -0.1) is 0 Å². The molecule has 2 amide bonds. The molecule has 1 aromatic rings. The Morgan fingerprint density at radius 3 is 2.79 bits per heavy atom. The number of likely N-dealkylation sites (tertiary alicyclic amines) is 1. The number of carbonyl (C=O) groups excluding carboxylic acids is 1. The van der Waals surface area contributed by atoms with Crippen LogP contribution in [0, 0.1) is 0 Å². The number of carboxylic acids is 1. The van der Waals surface area contributed by atoms with Gasteiger partial charge in [-0.05, 0) is 25.0 Å². The molecule has 6 heteroatoms. The average Bonchev–Trinajstić information content (AvgIpc) is 2.87. The van der Waals surface area contributed by atoms with E-state index in [9.17, 15) is 14.7 Å². The van der Waals surface area contributed by atoms with Gasteiger partial charge in [-0.25, -0.2) is 9.59 Å². The minimum atomic E-state index is -1.09. The second-order valence-corrected chi connectivity index (χ2v) is 4.45. The Morgan fingerprint density at radius 1 is 1.37 bits per heavy atom. The van der Waals surface area contributed by atoms with Crippen LogP contribution in [-0.4, -0.2) is 46.3 Å². The number of para-hydroxylation sites is 1. The molecule has 0 bridgehead atoms. The summed E-state index contributed by atoms with van der Waals surface area (Å²) in [6, 6.07) is 5.69. The van der Waals surface area contributed by atoms with E-state index < -0.39 is 5.97 Å². The molecule has 1 atom stereocenters. The van der Waals surface area contributed by atoms with E-state index in [1.807, 2.05) is 0 Å². The number of benzene rings is 1. The van der Waals surface area contributed by atoms with E-state index in [0.29, 0.717) is 6.54 Å². The smallest absolute Gasteiger partial charge is 0.337 e. The third-order valence-corrected chi connectivity index (χ3v) is 3.25. The van der Waals surface area contributed by atoms with E-state index in [0.717, 1.165) is 12.8 Å². The van der Waals surface area contributed by atoms with E-state index in [4.69, 9.17) is 5.11 Å². The molecule has 1 saturated heterocycles. The molecule has 102 valence electrons. The minimum absolute atomic E-state index is 0.0515. The van der Waals surface area contributed by atoms with Crippen molar-refractivity contribution in [3.63, 3.8) is 0 Å². The number of aliphatic hydroxyl groups excluding tert-OH is 1. The summed E-state index contributed by atoms with van der Waals surface area (Å²) in [5, 5.41) is 20.8. The third kappa shape index (κ3) is 2.85. The lowest BCUT2D eigenvalue weighted by Gasteiger charge is -2.23. The summed E-state index contributed by atoms with van der Waals surface area (Å²) in [6.45, 7) is 0.500.